The summed E-state index contributed by atoms with van der Waals surface area (Å²) in [5.41, 5.74) is 8.90. The zero-order chi connectivity index (χ0) is 35.7. The molecule has 0 saturated carbocycles. The van der Waals surface area contributed by atoms with Crippen molar-refractivity contribution in [3.8, 4) is 0 Å². The Hall–Kier alpha value is 0.658. The van der Waals surface area contributed by atoms with Crippen molar-refractivity contribution in [2.75, 3.05) is 0 Å². The van der Waals surface area contributed by atoms with E-state index in [1.165, 1.54) is 27.1 Å². The van der Waals surface area contributed by atoms with E-state index in [1.54, 1.807) is 16.7 Å². The second-order valence-corrected chi connectivity index (χ2v) is 61.2. The number of rotatable bonds is 11. The van der Waals surface area contributed by atoms with Crippen molar-refractivity contribution in [3.05, 3.63) is 57.6 Å². The van der Waals surface area contributed by atoms with Gasteiger partial charge < -0.3 is 24.2 Å². The highest BCUT2D eigenvalue weighted by Crippen LogP contribution is 2.45. The number of aryl methyl sites for hydroxylation is 3. The molecule has 0 N–H and O–H groups in total. The lowest BCUT2D eigenvalue weighted by molar-refractivity contribution is 1.10. The zero-order valence-electron chi connectivity index (χ0n) is 33.4. The molecule has 2 aromatic carbocycles. The topological polar surface area (TPSA) is 0 Å². The Morgan fingerprint density at radius 1 is 0.400 bits per heavy atom. The van der Waals surface area contributed by atoms with Gasteiger partial charge in [0.05, 0.1) is 0 Å². The van der Waals surface area contributed by atoms with Crippen molar-refractivity contribution >= 4 is 89.3 Å². The van der Waals surface area contributed by atoms with E-state index < -0.39 is 54.8 Å². The summed E-state index contributed by atoms with van der Waals surface area (Å²) in [6.45, 7) is 54.2. The molecule has 0 amide bonds. The lowest BCUT2D eigenvalue weighted by atomic mass is 10.1. The molecule has 2 rings (SSSR count). The summed E-state index contributed by atoms with van der Waals surface area (Å²) in [6, 6.07) is 10.3. The molecule has 256 valence electrons. The average molecular weight is 764 g/mol. The van der Waals surface area contributed by atoms with Gasteiger partial charge in [0.15, 0.2) is 0 Å². The first kappa shape index (κ1) is 41.8. The summed E-state index contributed by atoms with van der Waals surface area (Å²) in [5.74, 6) is 0. The summed E-state index contributed by atoms with van der Waals surface area (Å²) in [7, 11) is -9.78. The normalized spacial score (nSPS) is 14.7. The third-order valence-corrected chi connectivity index (χ3v) is 42.7. The molecule has 0 aromatic heterocycles. The first-order valence-corrected chi connectivity index (χ1v) is 43.0. The van der Waals surface area contributed by atoms with Crippen LogP contribution in [0.3, 0.4) is 0 Å². The molecule has 0 aliphatic heterocycles. The smallest absolute Gasteiger partial charge is 0.0493 e. The van der Waals surface area contributed by atoms with Gasteiger partial charge in [-0.15, -0.1) is 0 Å². The molecule has 0 spiro atoms. The maximum absolute atomic E-state index is 7.09. The molecule has 0 radical (unpaired) electrons. The molecule has 45 heavy (non-hydrogen) atoms. The highest BCUT2D eigenvalue weighted by molar-refractivity contribution is 8.33. The van der Waals surface area contributed by atoms with Gasteiger partial charge in [-0.2, -0.15) is 6.37 Å². The van der Waals surface area contributed by atoms with Crippen LogP contribution in [0.1, 0.15) is 48.9 Å². The third-order valence-electron chi connectivity index (χ3n) is 9.71. The summed E-state index contributed by atoms with van der Waals surface area (Å²) >= 11 is 14.2. The zero-order valence-corrected chi connectivity index (χ0v) is 42.0. The van der Waals surface area contributed by atoms with E-state index in [0.717, 1.165) is 0 Å². The van der Waals surface area contributed by atoms with Crippen LogP contribution in [0.4, 0.5) is 0 Å². The second-order valence-electron chi connectivity index (χ2n) is 21.0. The Bertz CT molecular complexity index is 1260. The van der Waals surface area contributed by atoms with Crippen molar-refractivity contribution in [1.82, 2.24) is 0 Å². The Morgan fingerprint density at radius 2 is 0.667 bits per heavy atom. The van der Waals surface area contributed by atoms with Crippen molar-refractivity contribution in [2.24, 2.45) is 0 Å². The Kier molecular flexibility index (Phi) is 12.5. The number of hydrogen-bond acceptors (Lipinski definition) is 2. The van der Waals surface area contributed by atoms with Gasteiger partial charge in [-0.3, -0.25) is 0 Å². The van der Waals surface area contributed by atoms with Gasteiger partial charge in [0.2, 0.25) is 0 Å². The average Bonchev–Trinajstić information content (AvgIpc) is 2.65. The van der Waals surface area contributed by atoms with E-state index in [1.807, 2.05) is 0 Å². The SMILES string of the molecule is Cc1cc(C)c([Si]([S-])([S-])c2c(C([Si](C)(C)C)[Si](C)(C)C)cc(C([Si](C)(C)C)[Si](C)(C)C)cc2C([Si](C)(C)C)[Si](C)(C)C)c(C)c1. The van der Waals surface area contributed by atoms with Crippen LogP contribution in [0.5, 0.6) is 0 Å². The fourth-order valence-electron chi connectivity index (χ4n) is 10.3. The molecule has 0 bridgehead atoms. The van der Waals surface area contributed by atoms with Crippen molar-refractivity contribution < 1.29 is 0 Å². The fourth-order valence-corrected chi connectivity index (χ4v) is 55.0. The molecule has 0 fully saturated rings. The predicted octanol–water partition coefficient (Wildman–Crippen LogP) is 10.8. The summed E-state index contributed by atoms with van der Waals surface area (Å²) in [4.78, 5) is 0. The summed E-state index contributed by atoms with van der Waals surface area (Å²) in [5, 5.41) is 4.76. The minimum atomic E-state index is -2.97. The maximum atomic E-state index is 7.09. The van der Waals surface area contributed by atoms with Crippen LogP contribution in [-0.2, 0) is 24.2 Å². The van der Waals surface area contributed by atoms with Gasteiger partial charge in [0.1, 0.15) is 0 Å². The van der Waals surface area contributed by atoms with Crippen LogP contribution >= 0.6 is 0 Å². The van der Waals surface area contributed by atoms with Gasteiger partial charge in [0, 0.05) is 48.4 Å². The monoisotopic (exact) mass is 762 g/mol. The molecular weight excluding hydrogens is 693 g/mol. The molecule has 2 aromatic rings. The Morgan fingerprint density at radius 3 is 0.911 bits per heavy atom. The van der Waals surface area contributed by atoms with E-state index in [2.05, 4.69) is 163 Å². The predicted molar refractivity (Wildman–Crippen MR) is 235 cm³/mol. The fraction of sp³-hybridized carbons (Fsp3) is 0.667. The van der Waals surface area contributed by atoms with Crippen LogP contribution in [-0.4, -0.2) is 54.8 Å². The van der Waals surface area contributed by atoms with Crippen molar-refractivity contribution in [2.45, 2.75) is 154 Å². The third kappa shape index (κ3) is 9.47. The lowest BCUT2D eigenvalue weighted by Gasteiger charge is -2.57. The molecule has 0 atom stereocenters. The summed E-state index contributed by atoms with van der Waals surface area (Å²) in [6.07, 6.45) is -2.97. The van der Waals surface area contributed by atoms with Crippen LogP contribution in [0.15, 0.2) is 24.3 Å². The van der Waals surface area contributed by atoms with Gasteiger partial charge in [-0.1, -0.05) is 180 Å². The first-order valence-electron chi connectivity index (χ1n) is 17.3. The Balaban J connectivity index is 3.53. The highest BCUT2D eigenvalue weighted by atomic mass is 32.5. The lowest BCUT2D eigenvalue weighted by Crippen LogP contribution is -2.64. The molecule has 0 aliphatic carbocycles. The van der Waals surface area contributed by atoms with Crippen LogP contribution in [0.25, 0.3) is 0 Å². The minimum absolute atomic E-state index is 0.607. The molecule has 0 aliphatic rings. The van der Waals surface area contributed by atoms with Crippen molar-refractivity contribution in [1.29, 1.82) is 0 Å². The molecule has 0 unspecified atom stereocenters. The summed E-state index contributed by atoms with van der Waals surface area (Å²) < 4.78 is 0. The Labute approximate surface area is 299 Å². The van der Waals surface area contributed by atoms with E-state index in [-0.39, 0.29) is 0 Å². The van der Waals surface area contributed by atoms with Gasteiger partial charge >= 0.3 is 0 Å². The van der Waals surface area contributed by atoms with E-state index >= 15 is 0 Å². The van der Waals surface area contributed by atoms with E-state index in [0.29, 0.717) is 15.5 Å². The quantitative estimate of drug-likeness (QED) is 0.165. The van der Waals surface area contributed by atoms with Gasteiger partial charge in [-0.25, -0.2) is 0 Å². The van der Waals surface area contributed by atoms with Crippen LogP contribution in [0, 0.1) is 20.8 Å². The molecule has 9 heteroatoms. The van der Waals surface area contributed by atoms with E-state index in [9.17, 15) is 0 Å². The highest BCUT2D eigenvalue weighted by Gasteiger charge is 2.46. The molecule has 0 saturated heterocycles. The van der Waals surface area contributed by atoms with Crippen molar-refractivity contribution in [3.63, 3.8) is 0 Å². The molecule has 0 nitrogen and oxygen atoms in total. The maximum Gasteiger partial charge on any atom is 0.0493 e. The largest absolute Gasteiger partial charge is 0.808 e. The standard InChI is InChI=1S/C36H70S2Si7/c1-26-22-27(2)32(28(3)23-26)45(37,38)33-30(35(41(10,11)12)42(13,14)15)24-29(34(39(4,5)6)40(7,8)9)25-31(33)36(43(16,17)18)44(19,20)21/h22-25,34-36H,1-21H3/q-2. The molecule has 0 heterocycles. The van der Waals surface area contributed by atoms with Gasteiger partial charge in [-0.05, 0) is 41.8 Å². The minimum Gasteiger partial charge on any atom is -0.808 e. The first-order chi connectivity index (χ1) is 19.6. The van der Waals surface area contributed by atoms with Crippen LogP contribution in [0.2, 0.25) is 118 Å². The van der Waals surface area contributed by atoms with E-state index in [4.69, 9.17) is 24.2 Å². The number of benzene rings is 2. The van der Waals surface area contributed by atoms with Crippen LogP contribution < -0.4 is 10.4 Å². The number of hydrogen-bond donors (Lipinski definition) is 0. The second kappa shape index (κ2) is 13.4. The molecular formula is C36H70S2Si7-2. The van der Waals surface area contributed by atoms with Gasteiger partial charge in [0.25, 0.3) is 0 Å².